The number of carbonyl (C=O) groups excluding carboxylic acids is 1. The molecule has 2 aromatic carbocycles. The van der Waals surface area contributed by atoms with Gasteiger partial charge in [0, 0.05) is 17.0 Å². The third-order valence-electron chi connectivity index (χ3n) is 3.08. The van der Waals surface area contributed by atoms with E-state index in [1.54, 1.807) is 23.9 Å². The van der Waals surface area contributed by atoms with Crippen molar-refractivity contribution in [2.24, 2.45) is 0 Å². The summed E-state index contributed by atoms with van der Waals surface area (Å²) in [7, 11) is 0. The highest BCUT2D eigenvalue weighted by Gasteiger charge is 2.04. The number of hydrogen-bond acceptors (Lipinski definition) is 3. The third kappa shape index (κ3) is 4.66. The third-order valence-corrected chi connectivity index (χ3v) is 3.80. The Morgan fingerprint density at radius 3 is 2.67 bits per heavy atom. The minimum absolute atomic E-state index is 0.00221. The molecule has 0 aliphatic carbocycles. The zero-order valence-corrected chi connectivity index (χ0v) is 12.6. The Hall–Kier alpha value is -2.25. The lowest BCUT2D eigenvalue weighted by Gasteiger charge is -2.06. The highest BCUT2D eigenvalue weighted by atomic mass is 32.2. The fourth-order valence-electron chi connectivity index (χ4n) is 1.93. The summed E-state index contributed by atoms with van der Waals surface area (Å²) >= 11 is 1.65. The van der Waals surface area contributed by atoms with Gasteiger partial charge in [0.25, 0.3) is 0 Å². The van der Waals surface area contributed by atoms with Gasteiger partial charge in [-0.05, 0) is 48.6 Å². The normalized spacial score (nSPS) is 9.90. The van der Waals surface area contributed by atoms with Crippen LogP contribution in [0, 0.1) is 11.3 Å². The fourth-order valence-corrected chi connectivity index (χ4v) is 2.39. The minimum Gasteiger partial charge on any atom is -0.326 e. The molecule has 0 aromatic heterocycles. The summed E-state index contributed by atoms with van der Waals surface area (Å²) in [5, 5.41) is 11.6. The van der Waals surface area contributed by atoms with Crippen LogP contribution in [0.3, 0.4) is 0 Å². The fraction of sp³-hybridized carbons (Fsp3) is 0.176. The molecule has 0 spiro atoms. The number of anilines is 1. The average molecular weight is 296 g/mol. The number of aryl methyl sites for hydroxylation is 1. The zero-order chi connectivity index (χ0) is 15.1. The highest BCUT2D eigenvalue weighted by molar-refractivity contribution is 7.98. The molecule has 0 aliphatic rings. The Balaban J connectivity index is 1.88. The molecule has 0 aliphatic heterocycles. The van der Waals surface area contributed by atoms with E-state index in [-0.39, 0.29) is 5.91 Å². The zero-order valence-electron chi connectivity index (χ0n) is 11.8. The van der Waals surface area contributed by atoms with Gasteiger partial charge in [0.2, 0.25) is 5.91 Å². The van der Waals surface area contributed by atoms with Crippen LogP contribution in [0.5, 0.6) is 0 Å². The first kappa shape index (κ1) is 15.1. The quantitative estimate of drug-likeness (QED) is 0.853. The molecule has 21 heavy (non-hydrogen) atoms. The monoisotopic (exact) mass is 296 g/mol. The van der Waals surface area contributed by atoms with Crippen LogP contribution in [0.2, 0.25) is 0 Å². The second-order valence-electron chi connectivity index (χ2n) is 4.59. The van der Waals surface area contributed by atoms with E-state index in [0.29, 0.717) is 18.4 Å². The standard InChI is InChI=1S/C17H16N2OS/c1-21-16-4-2-3-15(11-16)19-17(20)10-9-13-5-7-14(12-18)8-6-13/h2-8,11H,9-10H2,1H3,(H,19,20). The summed E-state index contributed by atoms with van der Waals surface area (Å²) in [4.78, 5) is 13.1. The number of nitrogens with zero attached hydrogens (tertiary/aromatic N) is 1. The molecule has 0 radical (unpaired) electrons. The SMILES string of the molecule is CSc1cccc(NC(=O)CCc2ccc(C#N)cc2)c1. The lowest BCUT2D eigenvalue weighted by Crippen LogP contribution is -2.12. The van der Waals surface area contributed by atoms with Gasteiger partial charge in [0.15, 0.2) is 0 Å². The van der Waals surface area contributed by atoms with Crippen molar-refractivity contribution in [2.75, 3.05) is 11.6 Å². The molecule has 0 saturated carbocycles. The number of amides is 1. The number of nitriles is 1. The largest absolute Gasteiger partial charge is 0.326 e. The van der Waals surface area contributed by atoms with Gasteiger partial charge in [0.1, 0.15) is 0 Å². The first-order chi connectivity index (χ1) is 10.2. The smallest absolute Gasteiger partial charge is 0.224 e. The average Bonchev–Trinajstić information content (AvgIpc) is 2.53. The van der Waals surface area contributed by atoms with Crippen molar-refractivity contribution < 1.29 is 4.79 Å². The number of benzene rings is 2. The van der Waals surface area contributed by atoms with Gasteiger partial charge < -0.3 is 5.32 Å². The van der Waals surface area contributed by atoms with E-state index in [4.69, 9.17) is 5.26 Å². The Morgan fingerprint density at radius 1 is 1.24 bits per heavy atom. The van der Waals surface area contributed by atoms with Crippen LogP contribution in [0.1, 0.15) is 17.5 Å². The Labute approximate surface area is 129 Å². The summed E-state index contributed by atoms with van der Waals surface area (Å²) in [5.41, 5.74) is 2.52. The van der Waals surface area contributed by atoms with Crippen LogP contribution >= 0.6 is 11.8 Å². The van der Waals surface area contributed by atoms with Crippen LogP contribution in [-0.4, -0.2) is 12.2 Å². The van der Waals surface area contributed by atoms with Gasteiger partial charge in [-0.25, -0.2) is 0 Å². The van der Waals surface area contributed by atoms with Crippen molar-refractivity contribution >= 4 is 23.4 Å². The highest BCUT2D eigenvalue weighted by Crippen LogP contribution is 2.19. The van der Waals surface area contributed by atoms with Gasteiger partial charge in [-0.1, -0.05) is 18.2 Å². The molecular formula is C17H16N2OS. The van der Waals surface area contributed by atoms with Crippen LogP contribution in [0.15, 0.2) is 53.4 Å². The van der Waals surface area contributed by atoms with Crippen LogP contribution in [0.4, 0.5) is 5.69 Å². The van der Waals surface area contributed by atoms with Crippen molar-refractivity contribution in [3.05, 3.63) is 59.7 Å². The summed E-state index contributed by atoms with van der Waals surface area (Å²) in [6.07, 6.45) is 3.10. The molecule has 0 saturated heterocycles. The molecule has 0 bridgehead atoms. The molecule has 2 aromatic rings. The van der Waals surface area contributed by atoms with Crippen molar-refractivity contribution in [1.82, 2.24) is 0 Å². The molecule has 0 heterocycles. The van der Waals surface area contributed by atoms with Gasteiger partial charge >= 0.3 is 0 Å². The lowest BCUT2D eigenvalue weighted by molar-refractivity contribution is -0.116. The number of nitrogens with one attached hydrogen (secondary N) is 1. The van der Waals surface area contributed by atoms with Gasteiger partial charge in [-0.15, -0.1) is 11.8 Å². The first-order valence-electron chi connectivity index (χ1n) is 6.64. The molecule has 106 valence electrons. The number of carbonyl (C=O) groups is 1. The van der Waals surface area contributed by atoms with E-state index in [0.717, 1.165) is 16.1 Å². The maximum Gasteiger partial charge on any atom is 0.224 e. The topological polar surface area (TPSA) is 52.9 Å². The van der Waals surface area contributed by atoms with E-state index in [1.807, 2.05) is 42.7 Å². The Bertz CT molecular complexity index is 659. The molecule has 1 N–H and O–H groups in total. The van der Waals surface area contributed by atoms with Gasteiger partial charge in [-0.2, -0.15) is 5.26 Å². The molecule has 3 nitrogen and oxygen atoms in total. The first-order valence-corrected chi connectivity index (χ1v) is 7.86. The van der Waals surface area contributed by atoms with Crippen molar-refractivity contribution in [1.29, 1.82) is 5.26 Å². The maximum atomic E-state index is 11.9. The number of hydrogen-bond donors (Lipinski definition) is 1. The van der Waals surface area contributed by atoms with Gasteiger partial charge in [-0.3, -0.25) is 4.79 Å². The predicted molar refractivity (Wildman–Crippen MR) is 86.3 cm³/mol. The molecule has 0 unspecified atom stereocenters. The summed E-state index contributed by atoms with van der Waals surface area (Å²) < 4.78 is 0. The molecule has 0 fully saturated rings. The Morgan fingerprint density at radius 2 is 2.00 bits per heavy atom. The molecular weight excluding hydrogens is 280 g/mol. The van der Waals surface area contributed by atoms with Crippen LogP contribution in [-0.2, 0) is 11.2 Å². The van der Waals surface area contributed by atoms with Crippen molar-refractivity contribution in [2.45, 2.75) is 17.7 Å². The van der Waals surface area contributed by atoms with Crippen molar-refractivity contribution in [3.8, 4) is 6.07 Å². The summed E-state index contributed by atoms with van der Waals surface area (Å²) in [6, 6.07) is 17.2. The predicted octanol–water partition coefficient (Wildman–Crippen LogP) is 3.85. The van der Waals surface area contributed by atoms with E-state index in [9.17, 15) is 4.79 Å². The van der Waals surface area contributed by atoms with Crippen LogP contribution < -0.4 is 5.32 Å². The van der Waals surface area contributed by atoms with E-state index in [2.05, 4.69) is 11.4 Å². The maximum absolute atomic E-state index is 11.9. The second kappa shape index (κ2) is 7.51. The van der Waals surface area contributed by atoms with E-state index < -0.39 is 0 Å². The number of rotatable bonds is 5. The van der Waals surface area contributed by atoms with Gasteiger partial charge in [0.05, 0.1) is 11.6 Å². The molecule has 4 heteroatoms. The summed E-state index contributed by atoms with van der Waals surface area (Å²) in [5.74, 6) is -0.00221. The molecule has 1 amide bonds. The van der Waals surface area contributed by atoms with Crippen LogP contribution in [0.25, 0.3) is 0 Å². The van der Waals surface area contributed by atoms with Crippen molar-refractivity contribution in [3.63, 3.8) is 0 Å². The molecule has 2 rings (SSSR count). The Kier molecular flexibility index (Phi) is 5.42. The summed E-state index contributed by atoms with van der Waals surface area (Å²) in [6.45, 7) is 0. The van der Waals surface area contributed by atoms with E-state index in [1.165, 1.54) is 0 Å². The minimum atomic E-state index is -0.00221. The number of thioether (sulfide) groups is 1. The molecule has 0 atom stereocenters. The van der Waals surface area contributed by atoms with E-state index >= 15 is 0 Å². The second-order valence-corrected chi connectivity index (χ2v) is 5.47. The lowest BCUT2D eigenvalue weighted by atomic mass is 10.1.